The number of Topliss-reactive ketones (excluding diaryl/α,β-unsaturated/α-hetero) is 1. The number of carbonyl (C=O) groups excluding carboxylic acids is 1. The van der Waals surface area contributed by atoms with E-state index in [9.17, 15) is 14.4 Å². The summed E-state index contributed by atoms with van der Waals surface area (Å²) in [6.07, 6.45) is 3.47. The molecular weight excluding hydrogens is 370 g/mol. The Bertz CT molecular complexity index is 1170. The van der Waals surface area contributed by atoms with Gasteiger partial charge in [0.15, 0.2) is 16.9 Å². The molecule has 0 atom stereocenters. The second kappa shape index (κ2) is 7.79. The molecule has 1 aliphatic rings. The van der Waals surface area contributed by atoms with Crippen LogP contribution in [0.15, 0.2) is 39.9 Å². The van der Waals surface area contributed by atoms with Crippen LogP contribution in [-0.4, -0.2) is 42.5 Å². The topological polar surface area (TPSA) is 82.1 Å². The van der Waals surface area contributed by atoms with Crippen LogP contribution < -0.4 is 11.2 Å². The number of nitrogens with zero attached hydrogens (tertiary/aromatic N) is 5. The van der Waals surface area contributed by atoms with Crippen LogP contribution in [0.1, 0.15) is 35.4 Å². The van der Waals surface area contributed by atoms with E-state index in [-0.39, 0.29) is 12.3 Å². The molecule has 152 valence electrons. The van der Waals surface area contributed by atoms with E-state index < -0.39 is 11.2 Å². The van der Waals surface area contributed by atoms with E-state index in [1.165, 1.54) is 18.0 Å². The number of carbonyl (C=O) groups is 1. The largest absolute Gasteiger partial charge is 0.332 e. The fraction of sp³-hybridized carbons (Fsp3) is 0.429. The number of aryl methyl sites for hydroxylation is 1. The first kappa shape index (κ1) is 19.3. The van der Waals surface area contributed by atoms with Crippen LogP contribution in [0.3, 0.4) is 0 Å². The molecule has 0 bridgehead atoms. The molecular formula is C21H25N5O3. The van der Waals surface area contributed by atoms with E-state index in [1.807, 2.05) is 18.2 Å². The molecule has 0 spiro atoms. The minimum Gasteiger partial charge on any atom is -0.313 e. The molecule has 0 aliphatic carbocycles. The van der Waals surface area contributed by atoms with E-state index in [2.05, 4.69) is 9.88 Å². The lowest BCUT2D eigenvalue weighted by atomic mass is 10.1. The predicted octanol–water partition coefficient (Wildman–Crippen LogP) is 1.30. The van der Waals surface area contributed by atoms with Crippen molar-refractivity contribution in [3.8, 4) is 0 Å². The van der Waals surface area contributed by atoms with Crippen molar-refractivity contribution in [3.63, 3.8) is 0 Å². The summed E-state index contributed by atoms with van der Waals surface area (Å²) in [5, 5.41) is 0. The van der Waals surface area contributed by atoms with Crippen LogP contribution in [-0.2, 0) is 27.2 Å². The molecule has 2 aromatic heterocycles. The second-order valence-corrected chi connectivity index (χ2v) is 7.62. The van der Waals surface area contributed by atoms with Gasteiger partial charge >= 0.3 is 5.69 Å². The number of imidazole rings is 1. The highest BCUT2D eigenvalue weighted by Gasteiger charge is 2.23. The molecule has 1 fully saturated rings. The van der Waals surface area contributed by atoms with Crippen LogP contribution in [0, 0.1) is 0 Å². The molecule has 3 aromatic rings. The molecule has 29 heavy (non-hydrogen) atoms. The van der Waals surface area contributed by atoms with Gasteiger partial charge in [0.2, 0.25) is 0 Å². The quantitative estimate of drug-likeness (QED) is 0.608. The Morgan fingerprint density at radius 2 is 1.69 bits per heavy atom. The maximum atomic E-state index is 12.9. The maximum Gasteiger partial charge on any atom is 0.332 e. The summed E-state index contributed by atoms with van der Waals surface area (Å²) in [7, 11) is 3.05. The monoisotopic (exact) mass is 395 g/mol. The number of aromatic nitrogens is 4. The third-order valence-electron chi connectivity index (χ3n) is 5.64. The standard InChI is InChI=1S/C21H25N5O3/c1-23-19-18(20(28)24(2)21(23)29)26(13-16(27)15-9-5-3-6-10-15)17(22-19)14-25-11-7-4-8-12-25/h3,5-6,9-10H,4,7-8,11-14H2,1-2H3. The lowest BCUT2D eigenvalue weighted by Crippen LogP contribution is -2.37. The molecule has 0 unspecified atom stereocenters. The zero-order valence-electron chi connectivity index (χ0n) is 16.8. The smallest absolute Gasteiger partial charge is 0.313 e. The summed E-state index contributed by atoms with van der Waals surface area (Å²) in [5.74, 6) is 0.546. The van der Waals surface area contributed by atoms with E-state index in [0.29, 0.717) is 29.1 Å². The average Bonchev–Trinajstić information content (AvgIpc) is 3.10. The Balaban J connectivity index is 1.84. The molecule has 4 rings (SSSR count). The molecule has 1 aromatic carbocycles. The van der Waals surface area contributed by atoms with Gasteiger partial charge in [0.05, 0.1) is 13.1 Å². The Morgan fingerprint density at radius 1 is 1.00 bits per heavy atom. The van der Waals surface area contributed by atoms with Gasteiger partial charge in [-0.1, -0.05) is 36.8 Å². The molecule has 8 nitrogen and oxygen atoms in total. The minimum absolute atomic E-state index is 0.0110. The van der Waals surface area contributed by atoms with Crippen LogP contribution in [0.4, 0.5) is 0 Å². The van der Waals surface area contributed by atoms with Crippen LogP contribution in [0.5, 0.6) is 0 Å². The van der Waals surface area contributed by atoms with Gasteiger partial charge in [0.25, 0.3) is 5.56 Å². The molecule has 8 heteroatoms. The van der Waals surface area contributed by atoms with Crippen molar-refractivity contribution in [1.82, 2.24) is 23.6 Å². The van der Waals surface area contributed by atoms with Crippen molar-refractivity contribution in [2.75, 3.05) is 13.1 Å². The molecule has 1 saturated heterocycles. The van der Waals surface area contributed by atoms with Gasteiger partial charge in [-0.3, -0.25) is 23.6 Å². The van der Waals surface area contributed by atoms with Crippen molar-refractivity contribution in [2.45, 2.75) is 32.4 Å². The van der Waals surface area contributed by atoms with Gasteiger partial charge in [0.1, 0.15) is 5.82 Å². The van der Waals surface area contributed by atoms with Gasteiger partial charge in [-0.15, -0.1) is 0 Å². The third kappa shape index (κ3) is 3.55. The fourth-order valence-corrected chi connectivity index (χ4v) is 3.96. The number of benzene rings is 1. The van der Waals surface area contributed by atoms with E-state index in [0.717, 1.165) is 30.5 Å². The average molecular weight is 395 g/mol. The Hall–Kier alpha value is -3.00. The molecule has 3 heterocycles. The van der Waals surface area contributed by atoms with Gasteiger partial charge in [-0.05, 0) is 25.9 Å². The summed E-state index contributed by atoms with van der Waals surface area (Å²) in [6.45, 7) is 2.49. The zero-order valence-corrected chi connectivity index (χ0v) is 16.8. The van der Waals surface area contributed by atoms with E-state index in [4.69, 9.17) is 0 Å². The first-order chi connectivity index (χ1) is 14.0. The number of ketones is 1. The number of hydrogen-bond donors (Lipinski definition) is 0. The lowest BCUT2D eigenvalue weighted by Gasteiger charge is -2.26. The Morgan fingerprint density at radius 3 is 2.38 bits per heavy atom. The van der Waals surface area contributed by atoms with Crippen molar-refractivity contribution < 1.29 is 4.79 Å². The van der Waals surface area contributed by atoms with E-state index >= 15 is 0 Å². The molecule has 0 radical (unpaired) electrons. The number of rotatable bonds is 5. The van der Waals surface area contributed by atoms with Gasteiger partial charge in [0, 0.05) is 19.7 Å². The predicted molar refractivity (Wildman–Crippen MR) is 110 cm³/mol. The fourth-order valence-electron chi connectivity index (χ4n) is 3.96. The Kier molecular flexibility index (Phi) is 5.19. The number of fused-ring (bicyclic) bond motifs is 1. The zero-order chi connectivity index (χ0) is 20.5. The van der Waals surface area contributed by atoms with Crippen molar-refractivity contribution >= 4 is 16.9 Å². The first-order valence-electron chi connectivity index (χ1n) is 9.93. The van der Waals surface area contributed by atoms with Crippen LogP contribution >= 0.6 is 0 Å². The summed E-state index contributed by atoms with van der Waals surface area (Å²) >= 11 is 0. The van der Waals surface area contributed by atoms with E-state index in [1.54, 1.807) is 23.7 Å². The van der Waals surface area contributed by atoms with Crippen LogP contribution in [0.2, 0.25) is 0 Å². The summed E-state index contributed by atoms with van der Waals surface area (Å²) < 4.78 is 4.14. The third-order valence-corrected chi connectivity index (χ3v) is 5.64. The SMILES string of the molecule is Cn1c(=O)c2c(nc(CN3CCCCC3)n2CC(=O)c2ccccc2)n(C)c1=O. The van der Waals surface area contributed by atoms with Gasteiger partial charge in [-0.2, -0.15) is 0 Å². The summed E-state index contributed by atoms with van der Waals surface area (Å²) in [4.78, 5) is 45.1. The highest BCUT2D eigenvalue weighted by molar-refractivity contribution is 5.96. The minimum atomic E-state index is -0.429. The Labute approximate surface area is 168 Å². The molecule has 0 amide bonds. The summed E-state index contributed by atoms with van der Waals surface area (Å²) in [5.41, 5.74) is 0.351. The van der Waals surface area contributed by atoms with Crippen molar-refractivity contribution in [3.05, 3.63) is 62.6 Å². The molecule has 0 saturated carbocycles. The first-order valence-corrected chi connectivity index (χ1v) is 9.93. The number of piperidine rings is 1. The highest BCUT2D eigenvalue weighted by Crippen LogP contribution is 2.17. The second-order valence-electron chi connectivity index (χ2n) is 7.62. The van der Waals surface area contributed by atoms with Gasteiger partial charge < -0.3 is 4.57 Å². The lowest BCUT2D eigenvalue weighted by molar-refractivity contribution is 0.0970. The van der Waals surface area contributed by atoms with Crippen molar-refractivity contribution in [1.29, 1.82) is 0 Å². The summed E-state index contributed by atoms with van der Waals surface area (Å²) in [6, 6.07) is 9.02. The molecule has 0 N–H and O–H groups in total. The number of likely N-dealkylation sites (tertiary alicyclic amines) is 1. The van der Waals surface area contributed by atoms with Crippen molar-refractivity contribution in [2.24, 2.45) is 14.1 Å². The number of hydrogen-bond acceptors (Lipinski definition) is 5. The normalized spacial score (nSPS) is 15.1. The van der Waals surface area contributed by atoms with Crippen LogP contribution in [0.25, 0.3) is 11.2 Å². The molecule has 1 aliphatic heterocycles. The van der Waals surface area contributed by atoms with Gasteiger partial charge in [-0.25, -0.2) is 9.78 Å². The maximum absolute atomic E-state index is 12.9. The highest BCUT2D eigenvalue weighted by atomic mass is 16.2.